The van der Waals surface area contributed by atoms with Gasteiger partial charge >= 0.3 is 0 Å². The molecule has 0 saturated heterocycles. The Kier molecular flexibility index (Phi) is 5.67. The summed E-state index contributed by atoms with van der Waals surface area (Å²) < 4.78 is 10.8. The van der Waals surface area contributed by atoms with Gasteiger partial charge < -0.3 is 9.47 Å². The highest BCUT2D eigenvalue weighted by Gasteiger charge is 2.30. The molecule has 0 atom stereocenters. The molecule has 0 bridgehead atoms. The summed E-state index contributed by atoms with van der Waals surface area (Å²) in [5.74, 6) is 2.17. The smallest absolute Gasteiger partial charge is 0.278 e. The summed E-state index contributed by atoms with van der Waals surface area (Å²) in [6, 6.07) is 15.9. The largest absolute Gasteiger partial charge is 0.454 e. The summed E-state index contributed by atoms with van der Waals surface area (Å²) in [7, 11) is 0. The van der Waals surface area contributed by atoms with E-state index >= 15 is 0 Å². The highest BCUT2D eigenvalue weighted by Crippen LogP contribution is 2.34. The predicted molar refractivity (Wildman–Crippen MR) is 112 cm³/mol. The first-order valence-electron chi connectivity index (χ1n) is 9.43. The summed E-state index contributed by atoms with van der Waals surface area (Å²) in [4.78, 5) is 19.4. The molecule has 0 aliphatic carbocycles. The lowest BCUT2D eigenvalue weighted by Crippen LogP contribution is -2.31. The maximum Gasteiger partial charge on any atom is 0.278 e. The van der Waals surface area contributed by atoms with Crippen LogP contribution < -0.4 is 9.47 Å². The summed E-state index contributed by atoms with van der Waals surface area (Å²) in [5, 5.41) is 0.772. The fourth-order valence-electron chi connectivity index (χ4n) is 3.04. The van der Waals surface area contributed by atoms with Crippen LogP contribution in [0.5, 0.6) is 11.5 Å². The number of aliphatic imine (C=N–C) groups is 1. The van der Waals surface area contributed by atoms with Gasteiger partial charge in [0.1, 0.15) is 5.70 Å². The molecule has 4 rings (SSSR count). The van der Waals surface area contributed by atoms with Gasteiger partial charge in [0, 0.05) is 12.3 Å². The number of carbonyl (C=O) groups excluding carboxylic acids is 1. The average Bonchev–Trinajstić information content (AvgIpc) is 3.30. The number of hydrogen-bond acceptors (Lipinski definition) is 5. The van der Waals surface area contributed by atoms with Gasteiger partial charge in [-0.15, -0.1) is 0 Å². The lowest BCUT2D eigenvalue weighted by Gasteiger charge is -2.17. The zero-order valence-corrected chi connectivity index (χ0v) is 16.6. The van der Waals surface area contributed by atoms with Crippen LogP contribution in [0.25, 0.3) is 6.08 Å². The van der Waals surface area contributed by atoms with Crippen molar-refractivity contribution in [1.82, 2.24) is 4.90 Å². The van der Waals surface area contributed by atoms with E-state index < -0.39 is 0 Å². The molecule has 1 amide bonds. The first-order chi connectivity index (χ1) is 13.7. The zero-order chi connectivity index (χ0) is 19.3. The standard InChI is InChI=1S/C22H22N2O3S/c1-2-3-11-24-21(25)18(12-17-9-10-19-20(13-17)27-15-26-19)23-22(24)28-14-16-7-5-4-6-8-16/h4-10,12-13H,2-3,11,14-15H2,1H3/b18-12-. The number of nitrogens with zero attached hydrogens (tertiary/aromatic N) is 2. The van der Waals surface area contributed by atoms with Crippen molar-refractivity contribution in [2.75, 3.05) is 13.3 Å². The Hall–Kier alpha value is -2.73. The average molecular weight is 394 g/mol. The number of thioether (sulfide) groups is 1. The number of amidine groups is 1. The van der Waals surface area contributed by atoms with Crippen LogP contribution in [-0.4, -0.2) is 29.3 Å². The Labute approximate surface area is 169 Å². The highest BCUT2D eigenvalue weighted by atomic mass is 32.2. The fourth-order valence-corrected chi connectivity index (χ4v) is 4.02. The molecule has 0 spiro atoms. The molecule has 2 aliphatic heterocycles. The first kappa shape index (κ1) is 18.6. The van der Waals surface area contributed by atoms with Gasteiger partial charge in [-0.05, 0) is 35.8 Å². The Morgan fingerprint density at radius 3 is 2.79 bits per heavy atom. The van der Waals surface area contributed by atoms with Crippen molar-refractivity contribution in [3.63, 3.8) is 0 Å². The Balaban J connectivity index is 1.56. The number of fused-ring (bicyclic) bond motifs is 1. The third kappa shape index (κ3) is 4.07. The molecule has 2 aliphatic rings. The summed E-state index contributed by atoms with van der Waals surface area (Å²) in [5.41, 5.74) is 2.55. The number of unbranched alkanes of at least 4 members (excludes halogenated alkanes) is 1. The molecular formula is C22H22N2O3S. The minimum atomic E-state index is -0.0401. The second-order valence-electron chi connectivity index (χ2n) is 6.62. The van der Waals surface area contributed by atoms with Gasteiger partial charge in [0.15, 0.2) is 16.7 Å². The third-order valence-corrected chi connectivity index (χ3v) is 5.60. The number of benzene rings is 2. The van der Waals surface area contributed by atoms with E-state index in [-0.39, 0.29) is 12.7 Å². The molecule has 0 N–H and O–H groups in total. The van der Waals surface area contributed by atoms with Gasteiger partial charge in [-0.25, -0.2) is 4.99 Å². The number of hydrogen-bond donors (Lipinski definition) is 0. The molecule has 0 fully saturated rings. The van der Waals surface area contributed by atoms with E-state index in [0.29, 0.717) is 18.0 Å². The van der Waals surface area contributed by atoms with E-state index in [9.17, 15) is 4.79 Å². The van der Waals surface area contributed by atoms with E-state index in [4.69, 9.17) is 9.47 Å². The van der Waals surface area contributed by atoms with Gasteiger partial charge in [-0.1, -0.05) is 61.5 Å². The third-order valence-electron chi connectivity index (χ3n) is 4.56. The van der Waals surface area contributed by atoms with Gasteiger partial charge in [-0.2, -0.15) is 0 Å². The Morgan fingerprint density at radius 1 is 1.14 bits per heavy atom. The lowest BCUT2D eigenvalue weighted by atomic mass is 10.1. The molecule has 2 aromatic carbocycles. The van der Waals surface area contributed by atoms with E-state index in [2.05, 4.69) is 24.0 Å². The molecule has 2 heterocycles. The fraction of sp³-hybridized carbons (Fsp3) is 0.273. The van der Waals surface area contributed by atoms with Gasteiger partial charge in [0.25, 0.3) is 5.91 Å². The van der Waals surface area contributed by atoms with Crippen molar-refractivity contribution < 1.29 is 14.3 Å². The van der Waals surface area contributed by atoms with Crippen molar-refractivity contribution in [2.24, 2.45) is 4.99 Å². The van der Waals surface area contributed by atoms with Crippen LogP contribution in [0.1, 0.15) is 30.9 Å². The Bertz CT molecular complexity index is 925. The quantitative estimate of drug-likeness (QED) is 0.667. The number of amides is 1. The molecule has 0 unspecified atom stereocenters. The van der Waals surface area contributed by atoms with Gasteiger partial charge in [0.2, 0.25) is 6.79 Å². The molecule has 0 saturated carbocycles. The maximum absolute atomic E-state index is 12.9. The normalized spacial score (nSPS) is 16.8. The molecule has 0 aromatic heterocycles. The van der Waals surface area contributed by atoms with Crippen LogP contribution in [0, 0.1) is 0 Å². The highest BCUT2D eigenvalue weighted by molar-refractivity contribution is 8.13. The lowest BCUT2D eigenvalue weighted by molar-refractivity contribution is -0.122. The number of ether oxygens (including phenoxy) is 2. The van der Waals surface area contributed by atoms with Crippen LogP contribution in [-0.2, 0) is 10.5 Å². The van der Waals surface area contributed by atoms with E-state index in [1.165, 1.54) is 5.56 Å². The molecule has 6 heteroatoms. The molecular weight excluding hydrogens is 372 g/mol. The van der Waals surface area contributed by atoms with E-state index in [0.717, 1.165) is 35.1 Å². The van der Waals surface area contributed by atoms with Crippen LogP contribution in [0.15, 0.2) is 59.2 Å². The second-order valence-corrected chi connectivity index (χ2v) is 7.56. The predicted octanol–water partition coefficient (Wildman–Crippen LogP) is 4.69. The molecule has 144 valence electrons. The summed E-state index contributed by atoms with van der Waals surface area (Å²) >= 11 is 1.60. The number of carbonyl (C=O) groups is 1. The van der Waals surface area contributed by atoms with Crippen LogP contribution >= 0.6 is 11.8 Å². The van der Waals surface area contributed by atoms with Crippen molar-refractivity contribution >= 4 is 28.9 Å². The van der Waals surface area contributed by atoms with Crippen molar-refractivity contribution in [1.29, 1.82) is 0 Å². The van der Waals surface area contributed by atoms with Crippen molar-refractivity contribution in [3.05, 3.63) is 65.4 Å². The van der Waals surface area contributed by atoms with Gasteiger partial charge in [-0.3, -0.25) is 9.69 Å². The Morgan fingerprint density at radius 2 is 1.96 bits per heavy atom. The second kappa shape index (κ2) is 8.52. The summed E-state index contributed by atoms with van der Waals surface area (Å²) in [6.45, 7) is 3.05. The van der Waals surface area contributed by atoms with Crippen molar-refractivity contribution in [3.8, 4) is 11.5 Å². The number of rotatable bonds is 6. The molecule has 2 aromatic rings. The molecule has 5 nitrogen and oxygen atoms in total. The topological polar surface area (TPSA) is 51.1 Å². The van der Waals surface area contributed by atoms with Crippen LogP contribution in [0.2, 0.25) is 0 Å². The summed E-state index contributed by atoms with van der Waals surface area (Å²) in [6.07, 6.45) is 3.80. The molecule has 28 heavy (non-hydrogen) atoms. The monoisotopic (exact) mass is 394 g/mol. The van der Waals surface area contributed by atoms with Crippen LogP contribution in [0.4, 0.5) is 0 Å². The van der Waals surface area contributed by atoms with Crippen molar-refractivity contribution in [2.45, 2.75) is 25.5 Å². The minimum Gasteiger partial charge on any atom is -0.454 e. The first-order valence-corrected chi connectivity index (χ1v) is 10.4. The van der Waals surface area contributed by atoms with E-state index in [1.807, 2.05) is 42.5 Å². The van der Waals surface area contributed by atoms with Crippen LogP contribution in [0.3, 0.4) is 0 Å². The zero-order valence-electron chi connectivity index (χ0n) is 15.8. The SMILES string of the molecule is CCCCN1C(=O)/C(=C/c2ccc3c(c2)OCO3)N=C1SCc1ccccc1. The minimum absolute atomic E-state index is 0.0401. The maximum atomic E-state index is 12.9. The van der Waals surface area contributed by atoms with Gasteiger partial charge in [0.05, 0.1) is 0 Å². The molecule has 0 radical (unpaired) electrons. The van der Waals surface area contributed by atoms with E-state index in [1.54, 1.807) is 16.7 Å².